The van der Waals surface area contributed by atoms with Crippen LogP contribution in [0, 0.1) is 11.8 Å². The van der Waals surface area contributed by atoms with Crippen LogP contribution < -0.4 is 4.90 Å². The monoisotopic (exact) mass is 392 g/mol. The summed E-state index contributed by atoms with van der Waals surface area (Å²) in [6.45, 7) is 8.52. The second kappa shape index (κ2) is 6.72. The summed E-state index contributed by atoms with van der Waals surface area (Å²) in [6, 6.07) is 0. The first kappa shape index (κ1) is 18.7. The van der Waals surface area contributed by atoms with Crippen molar-refractivity contribution < 1.29 is 13.2 Å². The van der Waals surface area contributed by atoms with Crippen molar-refractivity contribution in [3.05, 3.63) is 17.5 Å². The topological polar surface area (TPSA) is 83.5 Å². The number of nitrogens with zero attached hydrogens (tertiary/aromatic N) is 4. The third-order valence-corrected chi connectivity index (χ3v) is 8.18. The highest BCUT2D eigenvalue weighted by Crippen LogP contribution is 2.40. The van der Waals surface area contributed by atoms with Gasteiger partial charge in [0.25, 0.3) is 0 Å². The van der Waals surface area contributed by atoms with E-state index in [-0.39, 0.29) is 30.0 Å². The summed E-state index contributed by atoms with van der Waals surface area (Å²) >= 11 is 0. The standard InChI is InChI=1S/C19H28N4O3S/c1-12(2)18(24)23-9-15-16(10-23)27(25,26)11-14-7-20-19(21-17(14)15)22-6-4-5-13(3)8-22/h7,12-13,15-16H,4-6,8-11H2,1-3H3/t13?,15-,16+/m0/s1. The van der Waals surface area contributed by atoms with Crippen LogP contribution in [0.25, 0.3) is 0 Å². The molecule has 0 aromatic carbocycles. The van der Waals surface area contributed by atoms with Crippen LogP contribution in [0.3, 0.4) is 0 Å². The number of piperidine rings is 1. The first-order chi connectivity index (χ1) is 12.8. The molecule has 2 fully saturated rings. The summed E-state index contributed by atoms with van der Waals surface area (Å²) in [5.41, 5.74) is 1.53. The number of fused-ring (bicyclic) bond motifs is 3. The molecule has 1 amide bonds. The maximum absolute atomic E-state index is 12.8. The van der Waals surface area contributed by atoms with Gasteiger partial charge in [-0.1, -0.05) is 20.8 Å². The number of hydrogen-bond donors (Lipinski definition) is 0. The lowest BCUT2D eigenvalue weighted by Crippen LogP contribution is -2.38. The minimum absolute atomic E-state index is 0.0142. The average Bonchev–Trinajstić information content (AvgIpc) is 3.07. The van der Waals surface area contributed by atoms with Gasteiger partial charge in [0.05, 0.1) is 16.7 Å². The molecular formula is C19H28N4O3S. The van der Waals surface area contributed by atoms with Crippen molar-refractivity contribution >= 4 is 21.7 Å². The van der Waals surface area contributed by atoms with Gasteiger partial charge in [0.1, 0.15) is 0 Å². The lowest BCUT2D eigenvalue weighted by Gasteiger charge is -2.32. The molecule has 0 spiro atoms. The molecule has 1 unspecified atom stereocenters. The summed E-state index contributed by atoms with van der Waals surface area (Å²) < 4.78 is 25.6. The van der Waals surface area contributed by atoms with Crippen LogP contribution in [0.4, 0.5) is 5.95 Å². The molecule has 0 N–H and O–H groups in total. The van der Waals surface area contributed by atoms with E-state index >= 15 is 0 Å². The number of amides is 1. The Morgan fingerprint density at radius 1 is 1.26 bits per heavy atom. The predicted molar refractivity (Wildman–Crippen MR) is 103 cm³/mol. The van der Waals surface area contributed by atoms with Gasteiger partial charge >= 0.3 is 0 Å². The molecule has 1 aromatic heterocycles. The Morgan fingerprint density at radius 2 is 2.04 bits per heavy atom. The molecule has 0 bridgehead atoms. The van der Waals surface area contributed by atoms with E-state index in [4.69, 9.17) is 4.98 Å². The van der Waals surface area contributed by atoms with Gasteiger partial charge in [-0.3, -0.25) is 4.79 Å². The van der Waals surface area contributed by atoms with Gasteiger partial charge in [-0.2, -0.15) is 0 Å². The molecule has 27 heavy (non-hydrogen) atoms. The van der Waals surface area contributed by atoms with Gasteiger partial charge in [0, 0.05) is 49.8 Å². The number of rotatable bonds is 2. The second-order valence-corrected chi connectivity index (χ2v) is 10.8. The van der Waals surface area contributed by atoms with Crippen molar-refractivity contribution in [2.24, 2.45) is 11.8 Å². The van der Waals surface area contributed by atoms with Crippen molar-refractivity contribution in [2.75, 3.05) is 31.1 Å². The van der Waals surface area contributed by atoms with Crippen LogP contribution >= 0.6 is 0 Å². The Balaban J connectivity index is 1.68. The lowest BCUT2D eigenvalue weighted by atomic mass is 9.99. The number of carbonyl (C=O) groups is 1. The maximum atomic E-state index is 12.8. The minimum Gasteiger partial charge on any atom is -0.341 e. The van der Waals surface area contributed by atoms with Gasteiger partial charge < -0.3 is 9.80 Å². The molecule has 2 saturated heterocycles. The number of sulfone groups is 1. The Kier molecular flexibility index (Phi) is 4.64. The van der Waals surface area contributed by atoms with Crippen LogP contribution in [0.5, 0.6) is 0 Å². The lowest BCUT2D eigenvalue weighted by molar-refractivity contribution is -0.133. The Hall–Kier alpha value is -1.70. The van der Waals surface area contributed by atoms with E-state index in [1.807, 2.05) is 13.8 Å². The molecule has 1 aromatic rings. The summed E-state index contributed by atoms with van der Waals surface area (Å²) in [7, 11) is -3.30. The zero-order valence-corrected chi connectivity index (χ0v) is 17.1. The van der Waals surface area contributed by atoms with Crippen LogP contribution in [0.15, 0.2) is 6.20 Å². The van der Waals surface area contributed by atoms with E-state index in [0.29, 0.717) is 24.0 Å². The smallest absolute Gasteiger partial charge is 0.225 e. The van der Waals surface area contributed by atoms with Crippen molar-refractivity contribution in [1.29, 1.82) is 0 Å². The Bertz CT molecular complexity index is 855. The van der Waals surface area contributed by atoms with E-state index in [9.17, 15) is 13.2 Å². The molecule has 7 nitrogen and oxygen atoms in total. The third kappa shape index (κ3) is 3.32. The van der Waals surface area contributed by atoms with Gasteiger partial charge in [-0.05, 0) is 18.8 Å². The molecule has 3 aliphatic heterocycles. The van der Waals surface area contributed by atoms with Gasteiger partial charge in [-0.15, -0.1) is 0 Å². The van der Waals surface area contributed by atoms with Crippen molar-refractivity contribution in [3.63, 3.8) is 0 Å². The highest BCUT2D eigenvalue weighted by atomic mass is 32.2. The SMILES string of the molecule is CC1CCCN(c2ncc3c(n2)[C@H]2CN(C(=O)C(C)C)C[C@H]2S(=O)(=O)C3)C1. The number of likely N-dealkylation sites (tertiary alicyclic amines) is 1. The van der Waals surface area contributed by atoms with Crippen LogP contribution in [-0.4, -0.2) is 60.6 Å². The third-order valence-electron chi connectivity index (χ3n) is 6.07. The molecule has 0 saturated carbocycles. The van der Waals surface area contributed by atoms with Crippen LogP contribution in [0.2, 0.25) is 0 Å². The normalized spacial score (nSPS) is 29.6. The Morgan fingerprint density at radius 3 is 2.74 bits per heavy atom. The summed E-state index contributed by atoms with van der Waals surface area (Å²) in [5, 5.41) is -0.546. The largest absolute Gasteiger partial charge is 0.341 e. The van der Waals surface area contributed by atoms with E-state index in [2.05, 4.69) is 16.8 Å². The molecule has 4 heterocycles. The van der Waals surface area contributed by atoms with Crippen molar-refractivity contribution in [1.82, 2.24) is 14.9 Å². The van der Waals surface area contributed by atoms with Crippen molar-refractivity contribution in [2.45, 2.75) is 50.5 Å². The average molecular weight is 393 g/mol. The molecule has 0 aliphatic carbocycles. The van der Waals surface area contributed by atoms with Crippen LogP contribution in [-0.2, 0) is 20.4 Å². The van der Waals surface area contributed by atoms with E-state index in [1.165, 1.54) is 6.42 Å². The highest BCUT2D eigenvalue weighted by Gasteiger charge is 2.48. The fourth-order valence-corrected chi connectivity index (χ4v) is 6.63. The summed E-state index contributed by atoms with van der Waals surface area (Å²) in [6.07, 6.45) is 4.03. The van der Waals surface area contributed by atoms with Gasteiger partial charge in [0.2, 0.25) is 11.9 Å². The van der Waals surface area contributed by atoms with Crippen LogP contribution in [0.1, 0.15) is 50.8 Å². The van der Waals surface area contributed by atoms with E-state index in [0.717, 1.165) is 25.2 Å². The fraction of sp³-hybridized carbons (Fsp3) is 0.737. The first-order valence-corrected chi connectivity index (χ1v) is 11.6. The molecule has 0 radical (unpaired) electrons. The molecule has 3 atom stereocenters. The molecule has 4 rings (SSSR count). The Labute approximate surface area is 161 Å². The van der Waals surface area contributed by atoms with E-state index < -0.39 is 15.1 Å². The van der Waals surface area contributed by atoms with Crippen molar-refractivity contribution in [3.8, 4) is 0 Å². The number of anilines is 1. The van der Waals surface area contributed by atoms with E-state index in [1.54, 1.807) is 11.1 Å². The zero-order chi connectivity index (χ0) is 19.3. The summed E-state index contributed by atoms with van der Waals surface area (Å²) in [5.74, 6) is 0.919. The predicted octanol–water partition coefficient (Wildman–Crippen LogP) is 1.59. The molecule has 8 heteroatoms. The number of aromatic nitrogens is 2. The first-order valence-electron chi connectivity index (χ1n) is 9.87. The highest BCUT2D eigenvalue weighted by molar-refractivity contribution is 7.91. The molecule has 3 aliphatic rings. The fourth-order valence-electron chi connectivity index (χ4n) is 4.64. The summed E-state index contributed by atoms with van der Waals surface area (Å²) in [4.78, 5) is 25.7. The number of carbonyl (C=O) groups excluding carboxylic acids is 1. The second-order valence-electron chi connectivity index (χ2n) is 8.62. The maximum Gasteiger partial charge on any atom is 0.225 e. The molecular weight excluding hydrogens is 364 g/mol. The number of hydrogen-bond acceptors (Lipinski definition) is 6. The van der Waals surface area contributed by atoms with Gasteiger partial charge in [0.15, 0.2) is 9.84 Å². The zero-order valence-electron chi connectivity index (χ0n) is 16.3. The van der Waals surface area contributed by atoms with Gasteiger partial charge in [-0.25, -0.2) is 18.4 Å². The quantitative estimate of drug-likeness (QED) is 0.760. The minimum atomic E-state index is -3.30. The molecule has 148 valence electrons.